The Morgan fingerprint density at radius 1 is 1.04 bits per heavy atom. The van der Waals surface area contributed by atoms with Gasteiger partial charge in [0.05, 0.1) is 5.02 Å². The molecule has 3 aromatic rings. The van der Waals surface area contributed by atoms with E-state index in [-0.39, 0.29) is 0 Å². The molecule has 0 atom stereocenters. The molecule has 4 heteroatoms. The normalized spacial score (nSPS) is 10.5. The zero-order valence-electron chi connectivity index (χ0n) is 14.1. The van der Waals surface area contributed by atoms with Crippen molar-refractivity contribution in [1.29, 1.82) is 0 Å². The molecule has 0 heterocycles. The molecule has 0 radical (unpaired) electrons. The number of benzene rings is 3. The Kier molecular flexibility index (Phi) is 4.77. The van der Waals surface area contributed by atoms with Crippen molar-refractivity contribution in [2.75, 3.05) is 11.1 Å². The van der Waals surface area contributed by atoms with Gasteiger partial charge in [-0.2, -0.15) is 0 Å². The Labute approximate surface area is 152 Å². The van der Waals surface area contributed by atoms with Crippen LogP contribution in [0.25, 0.3) is 11.1 Å². The second-order valence-electron chi connectivity index (χ2n) is 6.08. The predicted octanol–water partition coefficient (Wildman–Crippen LogP) is 5.76. The lowest BCUT2D eigenvalue weighted by Gasteiger charge is -2.17. The fraction of sp³-hybridized carbons (Fsp3) is 0.0952. The number of halogens is 1. The van der Waals surface area contributed by atoms with E-state index in [1.807, 2.05) is 56.3 Å². The van der Waals surface area contributed by atoms with Crippen LogP contribution in [-0.2, 0) is 0 Å². The van der Waals surface area contributed by atoms with Crippen LogP contribution >= 0.6 is 11.6 Å². The standard InChI is InChI=1S/C21H19ClN2O/c1-13-4-3-5-17(10-13)24-19-9-7-15(12-25)21(22)20(19)18-11-16(23)8-6-14(18)2/h3-12,24H,23H2,1-2H3. The molecule has 3 aromatic carbocycles. The van der Waals surface area contributed by atoms with E-state index < -0.39 is 0 Å². The van der Waals surface area contributed by atoms with Gasteiger partial charge in [0.15, 0.2) is 6.29 Å². The average molecular weight is 351 g/mol. The number of aryl methyl sites for hydroxylation is 2. The minimum Gasteiger partial charge on any atom is -0.399 e. The van der Waals surface area contributed by atoms with Crippen LogP contribution < -0.4 is 11.1 Å². The first kappa shape index (κ1) is 17.1. The van der Waals surface area contributed by atoms with Crippen LogP contribution in [-0.4, -0.2) is 6.29 Å². The third kappa shape index (κ3) is 3.52. The van der Waals surface area contributed by atoms with Gasteiger partial charge < -0.3 is 11.1 Å². The van der Waals surface area contributed by atoms with Crippen LogP contribution in [0, 0.1) is 13.8 Å². The predicted molar refractivity (Wildman–Crippen MR) is 106 cm³/mol. The number of nitrogens with one attached hydrogen (secondary N) is 1. The van der Waals surface area contributed by atoms with Gasteiger partial charge in [-0.3, -0.25) is 4.79 Å². The summed E-state index contributed by atoms with van der Waals surface area (Å²) in [5, 5.41) is 3.83. The number of aldehydes is 1. The third-order valence-electron chi connectivity index (χ3n) is 4.13. The second kappa shape index (κ2) is 6.99. The lowest BCUT2D eigenvalue weighted by Crippen LogP contribution is -1.99. The molecule has 0 aliphatic carbocycles. The summed E-state index contributed by atoms with van der Waals surface area (Å²) in [5.41, 5.74) is 12.7. The molecule has 0 amide bonds. The van der Waals surface area contributed by atoms with Crippen LogP contribution in [0.2, 0.25) is 5.02 Å². The van der Waals surface area contributed by atoms with E-state index in [0.29, 0.717) is 16.3 Å². The molecule has 0 bridgehead atoms. The molecular formula is C21H19ClN2O. The molecule has 0 aromatic heterocycles. The van der Waals surface area contributed by atoms with Crippen LogP contribution in [0.1, 0.15) is 21.5 Å². The van der Waals surface area contributed by atoms with Gasteiger partial charge in [0.25, 0.3) is 0 Å². The molecule has 0 saturated heterocycles. The lowest BCUT2D eigenvalue weighted by atomic mass is 9.96. The van der Waals surface area contributed by atoms with Gasteiger partial charge in [0.2, 0.25) is 0 Å². The third-order valence-corrected chi connectivity index (χ3v) is 4.53. The fourth-order valence-electron chi connectivity index (χ4n) is 2.84. The first-order valence-electron chi connectivity index (χ1n) is 7.97. The van der Waals surface area contributed by atoms with E-state index >= 15 is 0 Å². The topological polar surface area (TPSA) is 55.1 Å². The summed E-state index contributed by atoms with van der Waals surface area (Å²) in [5.74, 6) is 0. The van der Waals surface area contributed by atoms with E-state index in [1.54, 1.807) is 6.07 Å². The maximum Gasteiger partial charge on any atom is 0.151 e. The summed E-state index contributed by atoms with van der Waals surface area (Å²) in [6.07, 6.45) is 0.768. The Morgan fingerprint density at radius 3 is 2.56 bits per heavy atom. The van der Waals surface area contributed by atoms with E-state index in [4.69, 9.17) is 17.3 Å². The van der Waals surface area contributed by atoms with Crippen molar-refractivity contribution < 1.29 is 4.79 Å². The summed E-state index contributed by atoms with van der Waals surface area (Å²) in [6, 6.07) is 17.3. The highest BCUT2D eigenvalue weighted by molar-refractivity contribution is 6.36. The average Bonchev–Trinajstić information content (AvgIpc) is 2.58. The van der Waals surface area contributed by atoms with Crippen molar-refractivity contribution in [3.8, 4) is 11.1 Å². The highest BCUT2D eigenvalue weighted by atomic mass is 35.5. The number of carbonyl (C=O) groups is 1. The Morgan fingerprint density at radius 2 is 1.84 bits per heavy atom. The van der Waals surface area contributed by atoms with E-state index in [1.165, 1.54) is 0 Å². The highest BCUT2D eigenvalue weighted by Crippen LogP contribution is 2.40. The van der Waals surface area contributed by atoms with E-state index in [0.717, 1.165) is 39.9 Å². The van der Waals surface area contributed by atoms with E-state index in [2.05, 4.69) is 11.4 Å². The van der Waals surface area contributed by atoms with Gasteiger partial charge >= 0.3 is 0 Å². The molecule has 0 fully saturated rings. The number of nitrogens with two attached hydrogens (primary N) is 1. The number of nitrogen functional groups attached to an aromatic ring is 1. The Hall–Kier alpha value is -2.78. The fourth-order valence-corrected chi connectivity index (χ4v) is 3.15. The number of carbonyl (C=O) groups excluding carboxylic acids is 1. The monoisotopic (exact) mass is 350 g/mol. The lowest BCUT2D eigenvalue weighted by molar-refractivity contribution is 0.112. The number of hydrogen-bond donors (Lipinski definition) is 2. The largest absolute Gasteiger partial charge is 0.399 e. The van der Waals surface area contributed by atoms with Crippen molar-refractivity contribution in [2.45, 2.75) is 13.8 Å². The molecule has 3 rings (SSSR count). The van der Waals surface area contributed by atoms with Crippen LogP contribution in [0.3, 0.4) is 0 Å². The highest BCUT2D eigenvalue weighted by Gasteiger charge is 2.16. The summed E-state index contributed by atoms with van der Waals surface area (Å²) in [4.78, 5) is 11.3. The first-order chi connectivity index (χ1) is 12.0. The Bertz CT molecular complexity index is 951. The molecule has 0 aliphatic rings. The SMILES string of the molecule is Cc1cccc(Nc2ccc(C=O)c(Cl)c2-c2cc(N)ccc2C)c1. The Balaban J connectivity index is 2.20. The summed E-state index contributed by atoms with van der Waals surface area (Å²) >= 11 is 6.56. The second-order valence-corrected chi connectivity index (χ2v) is 6.46. The molecule has 0 spiro atoms. The zero-order valence-corrected chi connectivity index (χ0v) is 14.9. The van der Waals surface area contributed by atoms with Gasteiger partial charge in [-0.05, 0) is 66.9 Å². The van der Waals surface area contributed by atoms with Crippen molar-refractivity contribution in [3.05, 3.63) is 76.3 Å². The number of anilines is 3. The van der Waals surface area contributed by atoms with Crippen molar-refractivity contribution in [2.24, 2.45) is 0 Å². The maximum atomic E-state index is 11.3. The number of rotatable bonds is 4. The van der Waals surface area contributed by atoms with Gasteiger partial charge in [-0.15, -0.1) is 0 Å². The molecule has 0 saturated carbocycles. The maximum absolute atomic E-state index is 11.3. The van der Waals surface area contributed by atoms with Crippen molar-refractivity contribution in [1.82, 2.24) is 0 Å². The van der Waals surface area contributed by atoms with Crippen molar-refractivity contribution >= 4 is 34.9 Å². The molecule has 0 aliphatic heterocycles. The summed E-state index contributed by atoms with van der Waals surface area (Å²) < 4.78 is 0. The van der Waals surface area contributed by atoms with Gasteiger partial charge in [-0.25, -0.2) is 0 Å². The van der Waals surface area contributed by atoms with Gasteiger partial charge in [-0.1, -0.05) is 29.8 Å². The number of hydrogen-bond acceptors (Lipinski definition) is 3. The molecule has 126 valence electrons. The zero-order chi connectivity index (χ0) is 18.0. The van der Waals surface area contributed by atoms with E-state index in [9.17, 15) is 4.79 Å². The summed E-state index contributed by atoms with van der Waals surface area (Å²) in [6.45, 7) is 4.03. The minimum atomic E-state index is 0.418. The van der Waals surface area contributed by atoms with Crippen LogP contribution in [0.4, 0.5) is 17.1 Å². The van der Waals surface area contributed by atoms with Gasteiger partial charge in [0.1, 0.15) is 0 Å². The van der Waals surface area contributed by atoms with Crippen molar-refractivity contribution in [3.63, 3.8) is 0 Å². The smallest absolute Gasteiger partial charge is 0.151 e. The molecule has 25 heavy (non-hydrogen) atoms. The molecular weight excluding hydrogens is 332 g/mol. The summed E-state index contributed by atoms with van der Waals surface area (Å²) in [7, 11) is 0. The molecule has 0 unspecified atom stereocenters. The van der Waals surface area contributed by atoms with Gasteiger partial charge in [0, 0.05) is 28.2 Å². The molecule has 3 N–H and O–H groups in total. The van der Waals surface area contributed by atoms with Crippen LogP contribution in [0.5, 0.6) is 0 Å². The quantitative estimate of drug-likeness (QED) is 0.464. The first-order valence-corrected chi connectivity index (χ1v) is 8.35. The van der Waals surface area contributed by atoms with Crippen LogP contribution in [0.15, 0.2) is 54.6 Å². The minimum absolute atomic E-state index is 0.418. The molecule has 3 nitrogen and oxygen atoms in total.